The molecular weight excluding hydrogens is 238 g/mol. The third-order valence-corrected chi connectivity index (χ3v) is 2.68. The number of ether oxygens (including phenoxy) is 1. The molecule has 0 radical (unpaired) electrons. The lowest BCUT2D eigenvalue weighted by Crippen LogP contribution is -2.03. The summed E-state index contributed by atoms with van der Waals surface area (Å²) >= 11 is 6.12. The minimum atomic E-state index is 0.566. The first-order valence-electron chi connectivity index (χ1n) is 5.11. The summed E-state index contributed by atoms with van der Waals surface area (Å²) in [6, 6.07) is 5.57. The molecule has 0 amide bonds. The normalized spacial score (nSPS) is 10.0. The van der Waals surface area contributed by atoms with E-state index in [1.807, 2.05) is 18.2 Å². The van der Waals surface area contributed by atoms with E-state index in [9.17, 15) is 0 Å². The van der Waals surface area contributed by atoms with E-state index in [1.165, 1.54) is 6.33 Å². The standard InChI is InChI=1S/C12H12ClN3O/c1-17-12-4-2-3-11(13)10(12)7-16-9-5-14-8-15-6-9/h2-6,8,16H,7H2,1H3. The van der Waals surface area contributed by atoms with Crippen LogP contribution in [0.25, 0.3) is 0 Å². The fourth-order valence-electron chi connectivity index (χ4n) is 1.48. The molecule has 4 nitrogen and oxygen atoms in total. The van der Waals surface area contributed by atoms with Crippen molar-refractivity contribution in [2.75, 3.05) is 12.4 Å². The van der Waals surface area contributed by atoms with Gasteiger partial charge in [-0.25, -0.2) is 9.97 Å². The van der Waals surface area contributed by atoms with Crippen LogP contribution in [-0.2, 0) is 6.54 Å². The van der Waals surface area contributed by atoms with E-state index in [-0.39, 0.29) is 0 Å². The van der Waals surface area contributed by atoms with Crippen LogP contribution in [0.15, 0.2) is 36.9 Å². The summed E-state index contributed by atoms with van der Waals surface area (Å²) in [5.74, 6) is 0.766. The van der Waals surface area contributed by atoms with Crippen molar-refractivity contribution in [2.24, 2.45) is 0 Å². The second kappa shape index (κ2) is 5.50. The molecule has 0 aliphatic carbocycles. The quantitative estimate of drug-likeness (QED) is 0.905. The van der Waals surface area contributed by atoms with E-state index in [0.717, 1.165) is 17.0 Å². The highest BCUT2D eigenvalue weighted by Gasteiger charge is 2.06. The number of halogens is 1. The molecule has 1 heterocycles. The highest BCUT2D eigenvalue weighted by Crippen LogP contribution is 2.26. The number of hydrogen-bond donors (Lipinski definition) is 1. The maximum atomic E-state index is 6.12. The number of methoxy groups -OCH3 is 1. The number of anilines is 1. The van der Waals surface area contributed by atoms with Crippen molar-refractivity contribution in [3.8, 4) is 5.75 Å². The molecule has 0 fully saturated rings. The van der Waals surface area contributed by atoms with Crippen LogP contribution in [-0.4, -0.2) is 17.1 Å². The molecule has 88 valence electrons. The highest BCUT2D eigenvalue weighted by atomic mass is 35.5. The Morgan fingerprint density at radius 3 is 2.76 bits per heavy atom. The first-order valence-corrected chi connectivity index (χ1v) is 5.49. The Kier molecular flexibility index (Phi) is 3.77. The van der Waals surface area contributed by atoms with Gasteiger partial charge in [0.2, 0.25) is 0 Å². The van der Waals surface area contributed by atoms with Crippen molar-refractivity contribution in [3.63, 3.8) is 0 Å². The van der Waals surface area contributed by atoms with Gasteiger partial charge in [-0.05, 0) is 12.1 Å². The van der Waals surface area contributed by atoms with Crippen LogP contribution >= 0.6 is 11.6 Å². The molecule has 0 unspecified atom stereocenters. The predicted molar refractivity (Wildman–Crippen MR) is 67.4 cm³/mol. The average Bonchev–Trinajstić information content (AvgIpc) is 2.38. The Bertz CT molecular complexity index is 490. The van der Waals surface area contributed by atoms with E-state index in [1.54, 1.807) is 19.5 Å². The van der Waals surface area contributed by atoms with Crippen molar-refractivity contribution < 1.29 is 4.74 Å². The van der Waals surface area contributed by atoms with Crippen LogP contribution in [0.5, 0.6) is 5.75 Å². The summed E-state index contributed by atoms with van der Waals surface area (Å²) in [4.78, 5) is 7.85. The maximum absolute atomic E-state index is 6.12. The van der Waals surface area contributed by atoms with Gasteiger partial charge in [-0.3, -0.25) is 0 Å². The Hall–Kier alpha value is -1.81. The van der Waals surface area contributed by atoms with Gasteiger partial charge in [0.05, 0.1) is 25.2 Å². The van der Waals surface area contributed by atoms with Crippen molar-refractivity contribution >= 4 is 17.3 Å². The summed E-state index contributed by atoms with van der Waals surface area (Å²) in [5, 5.41) is 3.86. The largest absolute Gasteiger partial charge is 0.496 e. The zero-order valence-corrected chi connectivity index (χ0v) is 10.1. The van der Waals surface area contributed by atoms with E-state index in [4.69, 9.17) is 16.3 Å². The lowest BCUT2D eigenvalue weighted by atomic mass is 10.2. The monoisotopic (exact) mass is 249 g/mol. The zero-order chi connectivity index (χ0) is 12.1. The molecular formula is C12H12ClN3O. The fourth-order valence-corrected chi connectivity index (χ4v) is 1.72. The first kappa shape index (κ1) is 11.7. The number of rotatable bonds is 4. The summed E-state index contributed by atoms with van der Waals surface area (Å²) in [5.41, 5.74) is 1.76. The fraction of sp³-hybridized carbons (Fsp3) is 0.167. The van der Waals surface area contributed by atoms with Gasteiger partial charge in [-0.1, -0.05) is 17.7 Å². The average molecular weight is 250 g/mol. The molecule has 1 aromatic carbocycles. The van der Waals surface area contributed by atoms with Crippen LogP contribution in [0.1, 0.15) is 5.56 Å². The number of nitrogens with zero attached hydrogens (tertiary/aromatic N) is 2. The van der Waals surface area contributed by atoms with E-state index < -0.39 is 0 Å². The van der Waals surface area contributed by atoms with Crippen molar-refractivity contribution in [3.05, 3.63) is 47.5 Å². The van der Waals surface area contributed by atoms with Crippen molar-refractivity contribution in [1.82, 2.24) is 9.97 Å². The van der Waals surface area contributed by atoms with Crippen LogP contribution < -0.4 is 10.1 Å². The third kappa shape index (κ3) is 2.85. The van der Waals surface area contributed by atoms with Crippen LogP contribution in [0.2, 0.25) is 5.02 Å². The van der Waals surface area contributed by atoms with Crippen molar-refractivity contribution in [2.45, 2.75) is 6.54 Å². The molecule has 5 heteroatoms. The Morgan fingerprint density at radius 2 is 2.06 bits per heavy atom. The van der Waals surface area contributed by atoms with Gasteiger partial charge in [0, 0.05) is 17.1 Å². The lowest BCUT2D eigenvalue weighted by Gasteiger charge is -2.11. The van der Waals surface area contributed by atoms with E-state index >= 15 is 0 Å². The summed E-state index contributed by atoms with van der Waals surface area (Å²) < 4.78 is 5.26. The molecule has 17 heavy (non-hydrogen) atoms. The third-order valence-electron chi connectivity index (χ3n) is 2.33. The molecule has 2 aromatic rings. The molecule has 1 N–H and O–H groups in total. The second-order valence-corrected chi connectivity index (χ2v) is 3.81. The van der Waals surface area contributed by atoms with E-state index in [2.05, 4.69) is 15.3 Å². The smallest absolute Gasteiger partial charge is 0.125 e. The van der Waals surface area contributed by atoms with Gasteiger partial charge in [0.15, 0.2) is 0 Å². The van der Waals surface area contributed by atoms with Crippen LogP contribution in [0.3, 0.4) is 0 Å². The second-order valence-electron chi connectivity index (χ2n) is 3.40. The van der Waals surface area contributed by atoms with Crippen LogP contribution in [0.4, 0.5) is 5.69 Å². The number of benzene rings is 1. The van der Waals surface area contributed by atoms with Gasteiger partial charge in [0.25, 0.3) is 0 Å². The first-order chi connectivity index (χ1) is 8.31. The van der Waals surface area contributed by atoms with Crippen LogP contribution in [0, 0.1) is 0 Å². The zero-order valence-electron chi connectivity index (χ0n) is 9.35. The summed E-state index contributed by atoms with van der Waals surface area (Å²) in [6.07, 6.45) is 4.90. The molecule has 0 saturated carbocycles. The molecule has 0 aliphatic rings. The minimum Gasteiger partial charge on any atom is -0.496 e. The summed E-state index contributed by atoms with van der Waals surface area (Å²) in [7, 11) is 1.63. The van der Waals surface area contributed by atoms with Gasteiger partial charge < -0.3 is 10.1 Å². The Labute approximate surface area is 105 Å². The molecule has 0 bridgehead atoms. The maximum Gasteiger partial charge on any atom is 0.125 e. The lowest BCUT2D eigenvalue weighted by molar-refractivity contribution is 0.410. The predicted octanol–water partition coefficient (Wildman–Crippen LogP) is 2.75. The van der Waals surface area contributed by atoms with Gasteiger partial charge in [-0.15, -0.1) is 0 Å². The Balaban J connectivity index is 2.14. The summed E-state index contributed by atoms with van der Waals surface area (Å²) in [6.45, 7) is 0.566. The molecule has 0 atom stereocenters. The number of nitrogens with one attached hydrogen (secondary N) is 1. The molecule has 2 rings (SSSR count). The SMILES string of the molecule is COc1cccc(Cl)c1CNc1cncnc1. The van der Waals surface area contributed by atoms with E-state index in [0.29, 0.717) is 11.6 Å². The Morgan fingerprint density at radius 1 is 1.29 bits per heavy atom. The van der Waals surface area contributed by atoms with Gasteiger partial charge >= 0.3 is 0 Å². The van der Waals surface area contributed by atoms with Crippen molar-refractivity contribution in [1.29, 1.82) is 0 Å². The number of hydrogen-bond acceptors (Lipinski definition) is 4. The molecule has 0 aliphatic heterocycles. The highest BCUT2D eigenvalue weighted by molar-refractivity contribution is 6.31. The molecule has 0 saturated heterocycles. The van der Waals surface area contributed by atoms with Gasteiger partial charge in [-0.2, -0.15) is 0 Å². The molecule has 0 spiro atoms. The van der Waals surface area contributed by atoms with Gasteiger partial charge in [0.1, 0.15) is 12.1 Å². The topological polar surface area (TPSA) is 47.0 Å². The molecule has 1 aromatic heterocycles. The number of aromatic nitrogens is 2. The minimum absolute atomic E-state index is 0.566.